The van der Waals surface area contributed by atoms with Gasteiger partial charge in [0.1, 0.15) is 17.0 Å². The zero-order chi connectivity index (χ0) is 26.6. The molecule has 1 aliphatic heterocycles. The monoisotopic (exact) mass is 508 g/mol. The lowest BCUT2D eigenvalue weighted by Gasteiger charge is -2.41. The second-order valence-electron chi connectivity index (χ2n) is 9.56. The van der Waals surface area contributed by atoms with Gasteiger partial charge < -0.3 is 19.5 Å². The van der Waals surface area contributed by atoms with Crippen LogP contribution in [0.3, 0.4) is 0 Å². The highest BCUT2D eigenvalue weighted by Gasteiger charge is 2.42. The minimum Gasteiger partial charge on any atom is -0.462 e. The molecule has 0 unspecified atom stereocenters. The fraction of sp³-hybridized carbons (Fsp3) is 0.417. The molecule has 192 valence electrons. The molecule has 1 amide bonds. The molecule has 0 bridgehead atoms. The number of esters is 1. The van der Waals surface area contributed by atoms with Gasteiger partial charge in [0, 0.05) is 30.2 Å². The number of aromatic nitrogens is 2. The summed E-state index contributed by atoms with van der Waals surface area (Å²) in [6, 6.07) is 3.31. The molecule has 1 aromatic carbocycles. The van der Waals surface area contributed by atoms with Gasteiger partial charge in [-0.25, -0.2) is 14.2 Å². The normalized spacial score (nSPS) is 14.7. The van der Waals surface area contributed by atoms with Crippen LogP contribution in [0.5, 0.6) is 0 Å². The maximum Gasteiger partial charge on any atom is 0.471 e. The summed E-state index contributed by atoms with van der Waals surface area (Å²) in [6.07, 6.45) is -3.59. The lowest BCUT2D eigenvalue weighted by molar-refractivity contribution is -0.174. The molecule has 0 spiro atoms. The van der Waals surface area contributed by atoms with Gasteiger partial charge in [0.2, 0.25) is 5.43 Å². The van der Waals surface area contributed by atoms with Crippen LogP contribution in [0.1, 0.15) is 38.1 Å². The summed E-state index contributed by atoms with van der Waals surface area (Å²) in [5.41, 5.74) is -0.594. The number of rotatable bonds is 4. The molecular formula is C24H24F4N4O4. The van der Waals surface area contributed by atoms with Gasteiger partial charge >= 0.3 is 18.1 Å². The quantitative estimate of drug-likeness (QED) is 0.330. The van der Waals surface area contributed by atoms with Gasteiger partial charge in [-0.15, -0.1) is 0 Å². The molecule has 3 heterocycles. The zero-order valence-corrected chi connectivity index (χ0v) is 20.0. The summed E-state index contributed by atoms with van der Waals surface area (Å²) in [5, 5.41) is 2.30. The van der Waals surface area contributed by atoms with E-state index in [4.69, 9.17) is 4.74 Å². The number of amides is 1. The van der Waals surface area contributed by atoms with Crippen molar-refractivity contribution in [2.45, 2.75) is 45.5 Å². The summed E-state index contributed by atoms with van der Waals surface area (Å²) >= 11 is 0. The van der Waals surface area contributed by atoms with Crippen molar-refractivity contribution in [3.05, 3.63) is 46.0 Å². The summed E-state index contributed by atoms with van der Waals surface area (Å²) in [7, 11) is 0. The van der Waals surface area contributed by atoms with Crippen molar-refractivity contribution in [3.8, 4) is 0 Å². The smallest absolute Gasteiger partial charge is 0.462 e. The lowest BCUT2D eigenvalue weighted by atomic mass is 10.0. The largest absolute Gasteiger partial charge is 0.471 e. The number of nitrogens with one attached hydrogen (secondary N) is 1. The van der Waals surface area contributed by atoms with Crippen molar-refractivity contribution < 1.29 is 31.9 Å². The van der Waals surface area contributed by atoms with Crippen LogP contribution < -0.4 is 15.6 Å². The van der Waals surface area contributed by atoms with Crippen molar-refractivity contribution in [2.24, 2.45) is 0 Å². The second kappa shape index (κ2) is 8.75. The van der Waals surface area contributed by atoms with Gasteiger partial charge in [0.25, 0.3) is 0 Å². The van der Waals surface area contributed by atoms with Gasteiger partial charge in [0.05, 0.1) is 29.2 Å². The first-order chi connectivity index (χ1) is 16.7. The number of halogens is 4. The van der Waals surface area contributed by atoms with E-state index in [1.165, 1.54) is 29.3 Å². The molecule has 0 saturated carbocycles. The van der Waals surface area contributed by atoms with Crippen LogP contribution in [0.4, 0.5) is 23.2 Å². The molecule has 1 saturated heterocycles. The van der Waals surface area contributed by atoms with E-state index in [9.17, 15) is 31.9 Å². The van der Waals surface area contributed by atoms with Crippen LogP contribution in [-0.4, -0.2) is 53.3 Å². The lowest BCUT2D eigenvalue weighted by Crippen LogP contribution is -2.61. The Morgan fingerprint density at radius 2 is 1.83 bits per heavy atom. The Kier molecular flexibility index (Phi) is 6.17. The van der Waals surface area contributed by atoms with E-state index in [0.29, 0.717) is 10.9 Å². The molecule has 0 radical (unpaired) electrons. The molecular weight excluding hydrogens is 484 g/mol. The van der Waals surface area contributed by atoms with E-state index in [1.807, 2.05) is 26.1 Å². The minimum atomic E-state index is -4.99. The number of hydrogen-bond acceptors (Lipinski definition) is 6. The number of hydrogen-bond donors (Lipinski definition) is 1. The summed E-state index contributed by atoms with van der Waals surface area (Å²) < 4.78 is 59.0. The highest BCUT2D eigenvalue weighted by atomic mass is 19.4. The van der Waals surface area contributed by atoms with E-state index < -0.39 is 40.9 Å². The molecule has 1 fully saturated rings. The summed E-state index contributed by atoms with van der Waals surface area (Å²) in [5.74, 6) is -3.47. The fourth-order valence-corrected chi connectivity index (χ4v) is 4.06. The number of fused-ring (bicyclic) bond motifs is 2. The number of carbonyl (C=O) groups excluding carboxylic acids is 2. The van der Waals surface area contributed by atoms with E-state index in [2.05, 4.69) is 4.98 Å². The number of alkyl halides is 3. The van der Waals surface area contributed by atoms with Gasteiger partial charge in [-0.05, 0) is 45.9 Å². The molecule has 12 heteroatoms. The minimum absolute atomic E-state index is 0.00652. The molecule has 0 atom stereocenters. The number of benzene rings is 1. The molecule has 36 heavy (non-hydrogen) atoms. The Bertz CT molecular complexity index is 1440. The van der Waals surface area contributed by atoms with Crippen LogP contribution in [0.2, 0.25) is 0 Å². The van der Waals surface area contributed by atoms with E-state index in [1.54, 1.807) is 11.5 Å². The third-order valence-corrected chi connectivity index (χ3v) is 5.87. The van der Waals surface area contributed by atoms with Gasteiger partial charge in [-0.3, -0.25) is 9.59 Å². The topological polar surface area (TPSA) is 93.5 Å². The van der Waals surface area contributed by atoms with Gasteiger partial charge in [-0.1, -0.05) is 0 Å². The number of nitrogens with zero attached hydrogens (tertiary/aromatic N) is 3. The molecule has 4 rings (SSSR count). The molecule has 2 aromatic heterocycles. The number of carbonyl (C=O) groups is 2. The van der Waals surface area contributed by atoms with Crippen molar-refractivity contribution in [3.63, 3.8) is 0 Å². The van der Waals surface area contributed by atoms with Crippen molar-refractivity contribution in [1.82, 2.24) is 14.9 Å². The molecule has 1 aliphatic rings. The van der Waals surface area contributed by atoms with Crippen LogP contribution >= 0.6 is 0 Å². The first-order valence-corrected chi connectivity index (χ1v) is 11.2. The van der Waals surface area contributed by atoms with Crippen LogP contribution in [0.15, 0.2) is 29.2 Å². The molecule has 3 aromatic rings. The Hall–Kier alpha value is -3.70. The fourth-order valence-electron chi connectivity index (χ4n) is 4.06. The maximum absolute atomic E-state index is 15.0. The molecule has 8 nitrogen and oxygen atoms in total. The molecule has 0 aliphatic carbocycles. The Morgan fingerprint density at radius 1 is 1.17 bits per heavy atom. The Labute approximate surface area is 202 Å². The van der Waals surface area contributed by atoms with Crippen LogP contribution in [0, 0.1) is 5.82 Å². The molecule has 1 N–H and O–H groups in total. The average Bonchev–Trinajstić information content (AvgIpc) is 2.73. The first kappa shape index (κ1) is 25.4. The number of pyridine rings is 2. The van der Waals surface area contributed by atoms with Crippen molar-refractivity contribution in [2.75, 3.05) is 24.6 Å². The van der Waals surface area contributed by atoms with Crippen molar-refractivity contribution >= 4 is 39.5 Å². The Morgan fingerprint density at radius 3 is 2.42 bits per heavy atom. The van der Waals surface area contributed by atoms with Crippen LogP contribution in [-0.2, 0) is 15.1 Å². The second-order valence-corrected chi connectivity index (χ2v) is 9.56. The van der Waals surface area contributed by atoms with E-state index in [0.717, 1.165) is 0 Å². The van der Waals surface area contributed by atoms with E-state index >= 15 is 0 Å². The third kappa shape index (κ3) is 4.59. The van der Waals surface area contributed by atoms with Crippen LogP contribution in [0.25, 0.3) is 21.9 Å². The zero-order valence-electron chi connectivity index (χ0n) is 20.0. The van der Waals surface area contributed by atoms with Crippen molar-refractivity contribution in [1.29, 1.82) is 0 Å². The summed E-state index contributed by atoms with van der Waals surface area (Å²) in [6.45, 7) is 7.30. The summed E-state index contributed by atoms with van der Waals surface area (Å²) in [4.78, 5) is 42.7. The predicted octanol–water partition coefficient (Wildman–Crippen LogP) is 3.49. The number of ether oxygens (including phenoxy) is 1. The number of anilines is 1. The predicted molar refractivity (Wildman–Crippen MR) is 125 cm³/mol. The SMILES string of the molecule is CCOC(=O)c1cn(C(C)(C)C)c2nc3cc(N4CC(NC(=O)C(F)(F)F)C4)c(F)cc3cc2c1=O. The highest BCUT2D eigenvalue weighted by Crippen LogP contribution is 2.31. The van der Waals surface area contributed by atoms with Gasteiger partial charge in [0.15, 0.2) is 0 Å². The first-order valence-electron chi connectivity index (χ1n) is 11.2. The third-order valence-electron chi connectivity index (χ3n) is 5.87. The Balaban J connectivity index is 1.76. The van der Waals surface area contributed by atoms with Gasteiger partial charge in [-0.2, -0.15) is 13.2 Å². The highest BCUT2D eigenvalue weighted by molar-refractivity contribution is 5.97. The maximum atomic E-state index is 15.0. The van der Waals surface area contributed by atoms with E-state index in [-0.39, 0.29) is 42.0 Å². The standard InChI is InChI=1S/C24H24F4N4O4/c1-5-36-21(34)15-11-32(23(2,3)4)20-14(19(15)33)6-12-7-16(25)18(8-17(12)30-20)31-9-13(10-31)29-22(35)24(26,27)28/h6-8,11,13H,5,9-10H2,1-4H3,(H,29,35). The average molecular weight is 508 g/mol.